The SMILES string of the molecule is CC(C)c1ccc(C(=O)NCc2ccncc2)cc1. The van der Waals surface area contributed by atoms with Crippen molar-refractivity contribution in [3.8, 4) is 0 Å². The van der Waals surface area contributed by atoms with Gasteiger partial charge in [-0.2, -0.15) is 0 Å². The van der Waals surface area contributed by atoms with Crippen LogP contribution in [0.5, 0.6) is 0 Å². The lowest BCUT2D eigenvalue weighted by Crippen LogP contribution is -2.22. The summed E-state index contributed by atoms with van der Waals surface area (Å²) in [6, 6.07) is 11.5. The number of carbonyl (C=O) groups excluding carboxylic acids is 1. The summed E-state index contributed by atoms with van der Waals surface area (Å²) in [5.41, 5.74) is 2.98. The molecule has 0 radical (unpaired) electrons. The van der Waals surface area contributed by atoms with E-state index >= 15 is 0 Å². The molecule has 0 atom stereocenters. The van der Waals surface area contributed by atoms with Crippen LogP contribution in [0.4, 0.5) is 0 Å². The van der Waals surface area contributed by atoms with E-state index in [0.29, 0.717) is 18.0 Å². The number of rotatable bonds is 4. The van der Waals surface area contributed by atoms with Crippen LogP contribution in [0, 0.1) is 0 Å². The van der Waals surface area contributed by atoms with Crippen LogP contribution in [0.1, 0.15) is 41.3 Å². The Bertz CT molecular complexity index is 532. The van der Waals surface area contributed by atoms with Crippen molar-refractivity contribution in [2.24, 2.45) is 0 Å². The molecule has 2 aromatic rings. The van der Waals surface area contributed by atoms with Crippen LogP contribution in [-0.4, -0.2) is 10.9 Å². The fourth-order valence-electron chi connectivity index (χ4n) is 1.80. The van der Waals surface area contributed by atoms with Crippen LogP contribution in [0.2, 0.25) is 0 Å². The standard InChI is InChI=1S/C16H18N2O/c1-12(2)14-3-5-15(6-4-14)16(19)18-11-13-7-9-17-10-8-13/h3-10,12H,11H2,1-2H3,(H,18,19). The summed E-state index contributed by atoms with van der Waals surface area (Å²) < 4.78 is 0. The number of amides is 1. The van der Waals surface area contributed by atoms with Crippen LogP contribution in [0.3, 0.4) is 0 Å². The lowest BCUT2D eigenvalue weighted by atomic mass is 10.0. The van der Waals surface area contributed by atoms with Gasteiger partial charge in [0.05, 0.1) is 0 Å². The minimum Gasteiger partial charge on any atom is -0.348 e. The zero-order chi connectivity index (χ0) is 13.7. The summed E-state index contributed by atoms with van der Waals surface area (Å²) >= 11 is 0. The van der Waals surface area contributed by atoms with Gasteiger partial charge in [-0.1, -0.05) is 26.0 Å². The van der Waals surface area contributed by atoms with E-state index in [1.54, 1.807) is 12.4 Å². The molecule has 0 unspecified atom stereocenters. The monoisotopic (exact) mass is 254 g/mol. The van der Waals surface area contributed by atoms with Crippen LogP contribution in [-0.2, 0) is 6.54 Å². The number of carbonyl (C=O) groups is 1. The fraction of sp³-hybridized carbons (Fsp3) is 0.250. The van der Waals surface area contributed by atoms with Crippen molar-refractivity contribution in [3.63, 3.8) is 0 Å². The van der Waals surface area contributed by atoms with Crippen LogP contribution >= 0.6 is 0 Å². The first-order valence-electron chi connectivity index (χ1n) is 6.44. The minimum atomic E-state index is -0.0490. The molecule has 0 saturated carbocycles. The number of hydrogen-bond acceptors (Lipinski definition) is 2. The van der Waals surface area contributed by atoms with E-state index in [1.165, 1.54) is 5.56 Å². The highest BCUT2D eigenvalue weighted by Crippen LogP contribution is 2.14. The van der Waals surface area contributed by atoms with Gasteiger partial charge in [-0.05, 0) is 41.3 Å². The van der Waals surface area contributed by atoms with Crippen LogP contribution in [0.25, 0.3) is 0 Å². The average Bonchev–Trinajstić information content (AvgIpc) is 2.46. The third-order valence-corrected chi connectivity index (χ3v) is 3.04. The second kappa shape index (κ2) is 6.14. The first-order valence-corrected chi connectivity index (χ1v) is 6.44. The first kappa shape index (κ1) is 13.3. The molecule has 0 fully saturated rings. The quantitative estimate of drug-likeness (QED) is 0.910. The highest BCUT2D eigenvalue weighted by Gasteiger charge is 2.06. The predicted octanol–water partition coefficient (Wildman–Crippen LogP) is 3.14. The fourth-order valence-corrected chi connectivity index (χ4v) is 1.80. The summed E-state index contributed by atoms with van der Waals surface area (Å²) in [7, 11) is 0. The molecule has 2 rings (SSSR count). The first-order chi connectivity index (χ1) is 9.16. The van der Waals surface area contributed by atoms with E-state index in [9.17, 15) is 4.79 Å². The molecule has 1 aromatic heterocycles. The number of hydrogen-bond donors (Lipinski definition) is 1. The number of nitrogens with zero attached hydrogens (tertiary/aromatic N) is 1. The van der Waals surface area contributed by atoms with E-state index in [4.69, 9.17) is 0 Å². The van der Waals surface area contributed by atoms with Crippen molar-refractivity contribution in [3.05, 3.63) is 65.5 Å². The predicted molar refractivity (Wildman–Crippen MR) is 75.9 cm³/mol. The maximum Gasteiger partial charge on any atom is 0.251 e. The van der Waals surface area contributed by atoms with Gasteiger partial charge in [0.2, 0.25) is 0 Å². The Balaban J connectivity index is 1.96. The Morgan fingerprint density at radius 3 is 2.32 bits per heavy atom. The molecule has 0 spiro atoms. The molecule has 1 aromatic carbocycles. The van der Waals surface area contributed by atoms with Crippen molar-refractivity contribution >= 4 is 5.91 Å². The smallest absolute Gasteiger partial charge is 0.251 e. The molecular formula is C16H18N2O. The van der Waals surface area contributed by atoms with Gasteiger partial charge in [-0.25, -0.2) is 0 Å². The molecule has 98 valence electrons. The van der Waals surface area contributed by atoms with Gasteiger partial charge in [0, 0.05) is 24.5 Å². The van der Waals surface area contributed by atoms with Gasteiger partial charge in [0.1, 0.15) is 0 Å². The maximum atomic E-state index is 12.0. The second-order valence-corrected chi connectivity index (χ2v) is 4.81. The molecule has 19 heavy (non-hydrogen) atoms. The Kier molecular flexibility index (Phi) is 4.29. The average molecular weight is 254 g/mol. The van der Waals surface area contributed by atoms with E-state index in [0.717, 1.165) is 5.56 Å². The number of aromatic nitrogens is 1. The third-order valence-electron chi connectivity index (χ3n) is 3.04. The van der Waals surface area contributed by atoms with Crippen LogP contribution < -0.4 is 5.32 Å². The summed E-state index contributed by atoms with van der Waals surface area (Å²) in [6.07, 6.45) is 3.44. The molecule has 0 aliphatic rings. The van der Waals surface area contributed by atoms with E-state index in [2.05, 4.69) is 24.1 Å². The third kappa shape index (κ3) is 3.65. The van der Waals surface area contributed by atoms with E-state index < -0.39 is 0 Å². The molecule has 0 aliphatic carbocycles. The van der Waals surface area contributed by atoms with Gasteiger partial charge in [0.25, 0.3) is 5.91 Å². The summed E-state index contributed by atoms with van der Waals surface area (Å²) in [6.45, 7) is 4.80. The highest BCUT2D eigenvalue weighted by atomic mass is 16.1. The number of nitrogens with one attached hydrogen (secondary N) is 1. The van der Waals surface area contributed by atoms with Gasteiger partial charge in [-0.15, -0.1) is 0 Å². The number of pyridine rings is 1. The molecule has 1 amide bonds. The zero-order valence-corrected chi connectivity index (χ0v) is 11.3. The molecule has 0 bridgehead atoms. The zero-order valence-electron chi connectivity index (χ0n) is 11.3. The largest absolute Gasteiger partial charge is 0.348 e. The van der Waals surface area contributed by atoms with Crippen molar-refractivity contribution < 1.29 is 4.79 Å². The van der Waals surface area contributed by atoms with Crippen molar-refractivity contribution in [2.45, 2.75) is 26.3 Å². The molecule has 0 saturated heterocycles. The minimum absolute atomic E-state index is 0.0490. The molecular weight excluding hydrogens is 236 g/mol. The second-order valence-electron chi connectivity index (χ2n) is 4.81. The molecule has 1 heterocycles. The van der Waals surface area contributed by atoms with Gasteiger partial charge < -0.3 is 5.32 Å². The van der Waals surface area contributed by atoms with Gasteiger partial charge in [-0.3, -0.25) is 9.78 Å². The van der Waals surface area contributed by atoms with E-state index in [-0.39, 0.29) is 5.91 Å². The topological polar surface area (TPSA) is 42.0 Å². The van der Waals surface area contributed by atoms with Crippen LogP contribution in [0.15, 0.2) is 48.8 Å². The lowest BCUT2D eigenvalue weighted by Gasteiger charge is -2.08. The Morgan fingerprint density at radius 2 is 1.74 bits per heavy atom. The highest BCUT2D eigenvalue weighted by molar-refractivity contribution is 5.94. The molecule has 3 heteroatoms. The molecule has 1 N–H and O–H groups in total. The van der Waals surface area contributed by atoms with Crippen molar-refractivity contribution in [1.29, 1.82) is 0 Å². The normalized spacial score (nSPS) is 10.5. The van der Waals surface area contributed by atoms with Gasteiger partial charge >= 0.3 is 0 Å². The molecule has 0 aliphatic heterocycles. The van der Waals surface area contributed by atoms with E-state index in [1.807, 2.05) is 36.4 Å². The summed E-state index contributed by atoms with van der Waals surface area (Å²) in [5, 5.41) is 2.90. The molecule has 3 nitrogen and oxygen atoms in total. The summed E-state index contributed by atoms with van der Waals surface area (Å²) in [5.74, 6) is 0.432. The Morgan fingerprint density at radius 1 is 1.11 bits per heavy atom. The van der Waals surface area contributed by atoms with Crippen molar-refractivity contribution in [2.75, 3.05) is 0 Å². The van der Waals surface area contributed by atoms with Gasteiger partial charge in [0.15, 0.2) is 0 Å². The Hall–Kier alpha value is -2.16. The number of benzene rings is 1. The maximum absolute atomic E-state index is 12.0. The summed E-state index contributed by atoms with van der Waals surface area (Å²) in [4.78, 5) is 15.9. The van der Waals surface area contributed by atoms with Crippen molar-refractivity contribution in [1.82, 2.24) is 10.3 Å². The lowest BCUT2D eigenvalue weighted by molar-refractivity contribution is 0.0951. The Labute approximate surface area is 113 Å².